The number of amides is 3. The lowest BCUT2D eigenvalue weighted by molar-refractivity contribution is -0.142. The molecule has 1 saturated carbocycles. The normalized spacial score (nSPS) is 28.9. The molecule has 1 saturated heterocycles. The van der Waals surface area contributed by atoms with Crippen LogP contribution in [0.5, 0.6) is 0 Å². The molecule has 2 rings (SSSR count). The number of carbonyl (C=O) groups is 3. The number of carboxylic acids is 1. The summed E-state index contributed by atoms with van der Waals surface area (Å²) in [6.07, 6.45) is 2.87. The van der Waals surface area contributed by atoms with Gasteiger partial charge in [-0.25, -0.2) is 9.59 Å². The fraction of sp³-hybridized carbons (Fsp3) is 0.786. The molecule has 0 aromatic rings. The van der Waals surface area contributed by atoms with E-state index < -0.39 is 24.1 Å². The van der Waals surface area contributed by atoms with E-state index >= 15 is 0 Å². The van der Waals surface area contributed by atoms with Crippen molar-refractivity contribution in [1.29, 1.82) is 0 Å². The van der Waals surface area contributed by atoms with Crippen molar-refractivity contribution in [2.45, 2.75) is 38.3 Å². The van der Waals surface area contributed by atoms with Crippen LogP contribution in [0.25, 0.3) is 0 Å². The topological polar surface area (TPSA) is 90.0 Å². The molecule has 2 aliphatic rings. The number of nitrogens with one attached hydrogen (secondary N) is 1. The molecule has 3 amide bonds. The molecule has 4 unspecified atom stereocenters. The van der Waals surface area contributed by atoms with Crippen molar-refractivity contribution >= 4 is 17.9 Å². The Morgan fingerprint density at radius 3 is 2.52 bits per heavy atom. The number of carbonyl (C=O) groups excluding carboxylic acids is 2. The van der Waals surface area contributed by atoms with E-state index in [2.05, 4.69) is 5.32 Å². The van der Waals surface area contributed by atoms with Crippen LogP contribution in [0, 0.1) is 11.8 Å². The minimum atomic E-state index is -0.953. The summed E-state index contributed by atoms with van der Waals surface area (Å²) in [5.74, 6) is -0.842. The molecule has 7 nitrogen and oxygen atoms in total. The lowest BCUT2D eigenvalue weighted by Crippen LogP contribution is -2.53. The molecule has 7 heteroatoms. The summed E-state index contributed by atoms with van der Waals surface area (Å²) in [5.41, 5.74) is 0. The number of urea groups is 1. The molecule has 0 bridgehead atoms. The van der Waals surface area contributed by atoms with Gasteiger partial charge in [-0.15, -0.1) is 0 Å². The molecule has 2 N–H and O–H groups in total. The SMILES string of the molecule is CC(NC(=O)N1CC2CCCC2C1C(=O)O)C(=O)N(C)C. The molecule has 1 aliphatic heterocycles. The summed E-state index contributed by atoms with van der Waals surface area (Å²) in [6.45, 7) is 2.07. The number of aliphatic carboxylic acids is 1. The smallest absolute Gasteiger partial charge is 0.326 e. The summed E-state index contributed by atoms with van der Waals surface area (Å²) in [5, 5.41) is 12.0. The van der Waals surface area contributed by atoms with Crippen molar-refractivity contribution in [2.24, 2.45) is 11.8 Å². The Kier molecular flexibility index (Phi) is 4.39. The number of hydrogen-bond donors (Lipinski definition) is 2. The molecule has 4 atom stereocenters. The largest absolute Gasteiger partial charge is 0.480 e. The maximum atomic E-state index is 12.3. The molecule has 0 aromatic heterocycles. The third-order valence-electron chi connectivity index (χ3n) is 4.56. The molecule has 0 radical (unpaired) electrons. The van der Waals surface area contributed by atoms with E-state index in [1.54, 1.807) is 21.0 Å². The van der Waals surface area contributed by atoms with Gasteiger partial charge in [0.05, 0.1) is 0 Å². The summed E-state index contributed by atoms with van der Waals surface area (Å²) < 4.78 is 0. The van der Waals surface area contributed by atoms with E-state index in [1.165, 1.54) is 9.80 Å². The van der Waals surface area contributed by atoms with Crippen molar-refractivity contribution in [3.05, 3.63) is 0 Å². The maximum Gasteiger partial charge on any atom is 0.326 e. The molecule has 21 heavy (non-hydrogen) atoms. The Bertz CT molecular complexity index is 452. The maximum absolute atomic E-state index is 12.3. The minimum Gasteiger partial charge on any atom is -0.480 e. The highest BCUT2D eigenvalue weighted by atomic mass is 16.4. The van der Waals surface area contributed by atoms with Crippen LogP contribution in [-0.4, -0.2) is 65.5 Å². The number of rotatable bonds is 3. The average molecular weight is 297 g/mol. The van der Waals surface area contributed by atoms with Gasteiger partial charge in [-0.3, -0.25) is 4.79 Å². The first kappa shape index (κ1) is 15.6. The van der Waals surface area contributed by atoms with E-state index in [-0.39, 0.29) is 17.7 Å². The monoisotopic (exact) mass is 297 g/mol. The standard InChI is InChI=1S/C14H23N3O4/c1-8(12(18)16(2)3)15-14(21)17-7-9-5-4-6-10(9)11(17)13(19)20/h8-11H,4-7H2,1-3H3,(H,15,21)(H,19,20). The van der Waals surface area contributed by atoms with Crippen molar-refractivity contribution in [2.75, 3.05) is 20.6 Å². The van der Waals surface area contributed by atoms with Crippen LogP contribution in [0.2, 0.25) is 0 Å². The molecule has 0 spiro atoms. The minimum absolute atomic E-state index is 0.0492. The van der Waals surface area contributed by atoms with Crippen LogP contribution >= 0.6 is 0 Å². The van der Waals surface area contributed by atoms with Gasteiger partial charge in [0.25, 0.3) is 0 Å². The zero-order valence-corrected chi connectivity index (χ0v) is 12.7. The Labute approximate surface area is 124 Å². The molecule has 2 fully saturated rings. The average Bonchev–Trinajstić information content (AvgIpc) is 2.96. The first-order valence-corrected chi connectivity index (χ1v) is 7.34. The third-order valence-corrected chi connectivity index (χ3v) is 4.56. The second-order valence-electron chi connectivity index (χ2n) is 6.19. The fourth-order valence-electron chi connectivity index (χ4n) is 3.55. The Morgan fingerprint density at radius 1 is 1.29 bits per heavy atom. The van der Waals surface area contributed by atoms with Gasteiger partial charge in [-0.2, -0.15) is 0 Å². The predicted octanol–water partition coefficient (Wildman–Crippen LogP) is 0.358. The highest BCUT2D eigenvalue weighted by molar-refractivity contribution is 5.88. The van der Waals surface area contributed by atoms with Crippen molar-refractivity contribution in [1.82, 2.24) is 15.1 Å². The van der Waals surface area contributed by atoms with Crippen molar-refractivity contribution in [3.63, 3.8) is 0 Å². The summed E-state index contributed by atoms with van der Waals surface area (Å²) in [6, 6.07) is -1.89. The van der Waals surface area contributed by atoms with Gasteiger partial charge >= 0.3 is 12.0 Å². The highest BCUT2D eigenvalue weighted by Gasteiger charge is 2.49. The first-order chi connectivity index (χ1) is 9.82. The number of carboxylic acid groups (broad SMARTS) is 1. The number of nitrogens with zero attached hydrogens (tertiary/aromatic N) is 2. The number of fused-ring (bicyclic) bond motifs is 1. The van der Waals surface area contributed by atoms with Gasteiger partial charge in [-0.1, -0.05) is 6.42 Å². The number of hydrogen-bond acceptors (Lipinski definition) is 3. The summed E-state index contributed by atoms with van der Waals surface area (Å²) in [4.78, 5) is 38.4. The molecule has 118 valence electrons. The van der Waals surface area contributed by atoms with E-state index in [1.807, 2.05) is 0 Å². The first-order valence-electron chi connectivity index (χ1n) is 7.34. The van der Waals surface area contributed by atoms with Crippen molar-refractivity contribution < 1.29 is 19.5 Å². The highest BCUT2D eigenvalue weighted by Crippen LogP contribution is 2.42. The zero-order chi connectivity index (χ0) is 15.7. The van der Waals surface area contributed by atoms with Crippen LogP contribution in [0.1, 0.15) is 26.2 Å². The van der Waals surface area contributed by atoms with E-state index in [4.69, 9.17) is 0 Å². The lowest BCUT2D eigenvalue weighted by atomic mass is 9.94. The lowest BCUT2D eigenvalue weighted by Gasteiger charge is -2.27. The van der Waals surface area contributed by atoms with Gasteiger partial charge in [-0.05, 0) is 31.6 Å². The predicted molar refractivity (Wildman–Crippen MR) is 75.6 cm³/mol. The second-order valence-corrected chi connectivity index (χ2v) is 6.19. The Hall–Kier alpha value is -1.79. The van der Waals surface area contributed by atoms with E-state index in [0.717, 1.165) is 19.3 Å². The summed E-state index contributed by atoms with van der Waals surface area (Å²) in [7, 11) is 3.23. The molecular formula is C14H23N3O4. The molecular weight excluding hydrogens is 274 g/mol. The van der Waals surface area contributed by atoms with Crippen LogP contribution in [-0.2, 0) is 9.59 Å². The van der Waals surface area contributed by atoms with Crippen molar-refractivity contribution in [3.8, 4) is 0 Å². The zero-order valence-electron chi connectivity index (χ0n) is 12.7. The van der Waals surface area contributed by atoms with Crippen LogP contribution < -0.4 is 5.32 Å². The number of likely N-dealkylation sites (tertiary alicyclic amines) is 1. The van der Waals surface area contributed by atoms with E-state index in [9.17, 15) is 19.5 Å². The Morgan fingerprint density at radius 2 is 1.95 bits per heavy atom. The van der Waals surface area contributed by atoms with Gasteiger partial charge in [0.15, 0.2) is 0 Å². The van der Waals surface area contributed by atoms with E-state index in [0.29, 0.717) is 6.54 Å². The third kappa shape index (κ3) is 2.96. The Balaban J connectivity index is 2.05. The van der Waals surface area contributed by atoms with Gasteiger partial charge in [0, 0.05) is 20.6 Å². The van der Waals surface area contributed by atoms with Crippen LogP contribution in [0.4, 0.5) is 4.79 Å². The molecule has 0 aromatic carbocycles. The van der Waals surface area contributed by atoms with Gasteiger partial charge in [0.1, 0.15) is 12.1 Å². The molecule has 1 aliphatic carbocycles. The van der Waals surface area contributed by atoms with Gasteiger partial charge in [0.2, 0.25) is 5.91 Å². The van der Waals surface area contributed by atoms with Gasteiger partial charge < -0.3 is 20.2 Å². The fourth-order valence-corrected chi connectivity index (χ4v) is 3.55. The summed E-state index contributed by atoms with van der Waals surface area (Å²) >= 11 is 0. The van der Waals surface area contributed by atoms with Crippen LogP contribution in [0.15, 0.2) is 0 Å². The van der Waals surface area contributed by atoms with Crippen LogP contribution in [0.3, 0.4) is 0 Å². The second kappa shape index (κ2) is 5.91. The number of likely N-dealkylation sites (N-methyl/N-ethyl adjacent to an activating group) is 1. The molecule has 1 heterocycles. The quantitative estimate of drug-likeness (QED) is 0.787.